The van der Waals surface area contributed by atoms with Crippen LogP contribution in [0.2, 0.25) is 0 Å². The number of hydrogen-bond acceptors (Lipinski definition) is 5. The lowest BCUT2D eigenvalue weighted by Crippen LogP contribution is -2.38. The van der Waals surface area contributed by atoms with Gasteiger partial charge in [-0.25, -0.2) is 4.79 Å². The Bertz CT molecular complexity index is 1000. The predicted molar refractivity (Wildman–Crippen MR) is 135 cm³/mol. The highest BCUT2D eigenvalue weighted by atomic mass is 16.5. The van der Waals surface area contributed by atoms with Gasteiger partial charge in [-0.3, -0.25) is 9.69 Å². The van der Waals surface area contributed by atoms with Crippen molar-refractivity contribution in [3.63, 3.8) is 0 Å². The summed E-state index contributed by atoms with van der Waals surface area (Å²) in [7, 11) is 3.38. The average Bonchev–Trinajstić information content (AvgIpc) is 2.86. The summed E-state index contributed by atoms with van der Waals surface area (Å²) in [5, 5.41) is 5.96. The normalized spacial score (nSPS) is 16.0. The Morgan fingerprint density at radius 2 is 1.79 bits per heavy atom. The third-order valence-corrected chi connectivity index (χ3v) is 6.41. The zero-order chi connectivity index (χ0) is 23.9. The maximum absolute atomic E-state index is 13.3. The molecule has 2 aromatic rings. The summed E-state index contributed by atoms with van der Waals surface area (Å²) in [5.41, 5.74) is 4.74. The molecule has 3 amide bonds. The lowest BCUT2D eigenvalue weighted by Gasteiger charge is -2.32. The van der Waals surface area contributed by atoms with E-state index in [-0.39, 0.29) is 11.9 Å². The van der Waals surface area contributed by atoms with Crippen LogP contribution in [-0.2, 0) is 17.7 Å². The Labute approximate surface area is 201 Å². The van der Waals surface area contributed by atoms with Crippen molar-refractivity contribution in [2.75, 3.05) is 70.2 Å². The second-order valence-corrected chi connectivity index (χ2v) is 9.06. The van der Waals surface area contributed by atoms with Crippen molar-refractivity contribution >= 4 is 23.3 Å². The molecule has 2 aliphatic rings. The first-order chi connectivity index (χ1) is 16.5. The summed E-state index contributed by atoms with van der Waals surface area (Å²) in [5.74, 6) is -0.114. The summed E-state index contributed by atoms with van der Waals surface area (Å²) in [6, 6.07) is 13.8. The molecule has 2 N–H and O–H groups in total. The van der Waals surface area contributed by atoms with Gasteiger partial charge < -0.3 is 25.2 Å². The molecule has 8 heteroatoms. The van der Waals surface area contributed by atoms with Gasteiger partial charge in [0.1, 0.15) is 0 Å². The van der Waals surface area contributed by atoms with Crippen LogP contribution in [-0.4, -0.2) is 81.8 Å². The van der Waals surface area contributed by atoms with Crippen LogP contribution < -0.4 is 15.5 Å². The fraction of sp³-hybridized carbons (Fsp3) is 0.462. The lowest BCUT2D eigenvalue weighted by molar-refractivity contribution is 0.0374. The molecule has 0 bridgehead atoms. The van der Waals surface area contributed by atoms with E-state index in [0.717, 1.165) is 64.5 Å². The molecule has 0 aliphatic carbocycles. The van der Waals surface area contributed by atoms with Crippen LogP contribution in [0.1, 0.15) is 27.9 Å². The second-order valence-electron chi connectivity index (χ2n) is 9.06. The summed E-state index contributed by atoms with van der Waals surface area (Å²) >= 11 is 0. The zero-order valence-corrected chi connectivity index (χ0v) is 20.2. The molecule has 182 valence electrons. The first-order valence-corrected chi connectivity index (χ1v) is 12.0. The largest absolute Gasteiger partial charge is 0.379 e. The summed E-state index contributed by atoms with van der Waals surface area (Å²) in [4.78, 5) is 31.5. The molecule has 2 aromatic carbocycles. The Morgan fingerprint density at radius 3 is 2.56 bits per heavy atom. The zero-order valence-electron chi connectivity index (χ0n) is 20.2. The first-order valence-electron chi connectivity index (χ1n) is 12.0. The molecule has 2 heterocycles. The van der Waals surface area contributed by atoms with Crippen LogP contribution in [0.4, 0.5) is 16.2 Å². The molecule has 8 nitrogen and oxygen atoms in total. The second kappa shape index (κ2) is 11.4. The molecular weight excluding hydrogens is 430 g/mol. The van der Waals surface area contributed by atoms with Crippen LogP contribution in [0.5, 0.6) is 0 Å². The van der Waals surface area contributed by atoms with E-state index in [0.29, 0.717) is 17.8 Å². The quantitative estimate of drug-likeness (QED) is 0.615. The maximum atomic E-state index is 13.3. The predicted octanol–water partition coefficient (Wildman–Crippen LogP) is 2.79. The highest BCUT2D eigenvalue weighted by Crippen LogP contribution is 2.29. The maximum Gasteiger partial charge on any atom is 0.321 e. The van der Waals surface area contributed by atoms with Crippen molar-refractivity contribution in [1.29, 1.82) is 0 Å². The van der Waals surface area contributed by atoms with Crippen LogP contribution in [0.3, 0.4) is 0 Å². The molecule has 1 fully saturated rings. The molecule has 34 heavy (non-hydrogen) atoms. The van der Waals surface area contributed by atoms with E-state index in [1.165, 1.54) is 16.0 Å². The van der Waals surface area contributed by atoms with Crippen molar-refractivity contribution in [3.05, 3.63) is 59.2 Å². The number of carbonyl (C=O) groups is 2. The number of carbonyl (C=O) groups excluding carboxylic acids is 2. The van der Waals surface area contributed by atoms with Crippen molar-refractivity contribution in [3.8, 4) is 0 Å². The standard InChI is InChI=1S/C26H35N5O3/c1-29(2)26(33)28-22-8-9-24(31-13-10-20-6-3-4-7-21(20)19-31)23(18-22)25(32)27-11-5-12-30-14-16-34-17-15-30/h3-4,6-9,18H,5,10-17,19H2,1-2H3,(H,27,32)(H,28,33). The van der Waals surface area contributed by atoms with Crippen LogP contribution >= 0.6 is 0 Å². The minimum Gasteiger partial charge on any atom is -0.379 e. The number of fused-ring (bicyclic) bond motifs is 1. The van der Waals surface area contributed by atoms with Gasteiger partial charge in [-0.15, -0.1) is 0 Å². The van der Waals surface area contributed by atoms with Crippen LogP contribution in [0, 0.1) is 0 Å². The number of rotatable bonds is 7. The van der Waals surface area contributed by atoms with Gasteiger partial charge in [0.25, 0.3) is 5.91 Å². The first kappa shape index (κ1) is 24.0. The highest BCUT2D eigenvalue weighted by Gasteiger charge is 2.22. The van der Waals surface area contributed by atoms with Gasteiger partial charge in [-0.1, -0.05) is 24.3 Å². The molecule has 2 aliphatic heterocycles. The fourth-order valence-electron chi connectivity index (χ4n) is 4.43. The van der Waals surface area contributed by atoms with E-state index in [2.05, 4.69) is 44.7 Å². The van der Waals surface area contributed by atoms with Gasteiger partial charge in [-0.2, -0.15) is 0 Å². The Balaban J connectivity index is 1.47. The Morgan fingerprint density at radius 1 is 1.03 bits per heavy atom. The Hall–Kier alpha value is -3.10. The number of benzene rings is 2. The summed E-state index contributed by atoms with van der Waals surface area (Å²) < 4.78 is 5.40. The molecule has 0 aromatic heterocycles. The molecule has 0 saturated carbocycles. The molecule has 4 rings (SSSR count). The van der Waals surface area contributed by atoms with E-state index >= 15 is 0 Å². The van der Waals surface area contributed by atoms with E-state index in [4.69, 9.17) is 4.74 Å². The third-order valence-electron chi connectivity index (χ3n) is 6.41. The van der Waals surface area contributed by atoms with E-state index in [1.54, 1.807) is 20.2 Å². The van der Waals surface area contributed by atoms with Gasteiger partial charge in [0, 0.05) is 58.2 Å². The van der Waals surface area contributed by atoms with Crippen molar-refractivity contribution in [1.82, 2.24) is 15.1 Å². The number of anilines is 2. The molecule has 0 unspecified atom stereocenters. The molecule has 1 saturated heterocycles. The summed E-state index contributed by atoms with van der Waals surface area (Å²) in [6.45, 7) is 6.60. The highest BCUT2D eigenvalue weighted by molar-refractivity contribution is 6.02. The van der Waals surface area contributed by atoms with Crippen LogP contribution in [0.25, 0.3) is 0 Å². The molecule has 0 radical (unpaired) electrons. The molecule has 0 atom stereocenters. The van der Waals surface area contributed by atoms with Crippen molar-refractivity contribution in [2.24, 2.45) is 0 Å². The summed E-state index contributed by atoms with van der Waals surface area (Å²) in [6.07, 6.45) is 1.82. The minimum absolute atomic E-state index is 0.114. The monoisotopic (exact) mass is 465 g/mol. The van der Waals surface area contributed by atoms with E-state index in [9.17, 15) is 9.59 Å². The van der Waals surface area contributed by atoms with Gasteiger partial charge in [0.2, 0.25) is 0 Å². The lowest BCUT2D eigenvalue weighted by atomic mass is 9.98. The molecular formula is C26H35N5O3. The van der Waals surface area contributed by atoms with Crippen LogP contribution in [0.15, 0.2) is 42.5 Å². The topological polar surface area (TPSA) is 77.2 Å². The number of morpholine rings is 1. The van der Waals surface area contributed by atoms with Gasteiger partial charge in [0.15, 0.2) is 0 Å². The number of ether oxygens (including phenoxy) is 1. The average molecular weight is 466 g/mol. The smallest absolute Gasteiger partial charge is 0.321 e. The fourth-order valence-corrected chi connectivity index (χ4v) is 4.43. The van der Waals surface area contributed by atoms with Crippen molar-refractivity contribution < 1.29 is 14.3 Å². The van der Waals surface area contributed by atoms with Gasteiger partial charge in [-0.05, 0) is 48.7 Å². The number of urea groups is 1. The number of hydrogen-bond donors (Lipinski definition) is 2. The number of nitrogens with one attached hydrogen (secondary N) is 2. The molecule has 0 spiro atoms. The van der Waals surface area contributed by atoms with Gasteiger partial charge in [0.05, 0.1) is 18.8 Å². The van der Waals surface area contributed by atoms with E-state index < -0.39 is 0 Å². The van der Waals surface area contributed by atoms with Crippen molar-refractivity contribution in [2.45, 2.75) is 19.4 Å². The SMILES string of the molecule is CN(C)C(=O)Nc1ccc(N2CCc3ccccc3C2)c(C(=O)NCCCN2CCOCC2)c1. The number of nitrogens with zero attached hydrogens (tertiary/aromatic N) is 3. The van der Waals surface area contributed by atoms with Gasteiger partial charge >= 0.3 is 6.03 Å². The Kier molecular flexibility index (Phi) is 8.03. The number of amides is 3. The minimum atomic E-state index is -0.225. The third kappa shape index (κ3) is 6.07. The van der Waals surface area contributed by atoms with E-state index in [1.807, 2.05) is 12.1 Å².